The number of fused-ring (bicyclic) bond motifs is 1. The summed E-state index contributed by atoms with van der Waals surface area (Å²) in [6, 6.07) is 4.07. The lowest BCUT2D eigenvalue weighted by atomic mass is 10.2. The molecule has 0 radical (unpaired) electrons. The van der Waals surface area contributed by atoms with Crippen LogP contribution in [0.1, 0.15) is 13.3 Å². The molecule has 3 N–H and O–H groups in total. The van der Waals surface area contributed by atoms with Gasteiger partial charge < -0.3 is 11.1 Å². The molecule has 2 aromatic rings. The van der Waals surface area contributed by atoms with E-state index in [-0.39, 0.29) is 6.04 Å². The molecule has 1 atom stereocenters. The molecule has 0 aromatic carbocycles. The van der Waals surface area contributed by atoms with Gasteiger partial charge in [0.05, 0.1) is 0 Å². The highest BCUT2D eigenvalue weighted by Gasteiger charge is 2.08. The van der Waals surface area contributed by atoms with Crippen LogP contribution in [0.5, 0.6) is 0 Å². The SMILES string of the molecule is CCC(CN)Nc1nc2ccc(Br)cn2n1. The van der Waals surface area contributed by atoms with Crippen LogP contribution in [0, 0.1) is 0 Å². The Morgan fingerprint density at radius 3 is 3.06 bits per heavy atom. The Kier molecular flexibility index (Phi) is 3.40. The van der Waals surface area contributed by atoms with E-state index in [9.17, 15) is 0 Å². The standard InChI is InChI=1S/C10H14BrN5/c1-2-8(5-12)13-10-14-9-4-3-7(11)6-16(9)15-10/h3-4,6,8H,2,5,12H2,1H3,(H,13,15). The first-order chi connectivity index (χ1) is 7.72. The summed E-state index contributed by atoms with van der Waals surface area (Å²) in [7, 11) is 0. The van der Waals surface area contributed by atoms with Crippen LogP contribution in [0.4, 0.5) is 5.95 Å². The minimum atomic E-state index is 0.223. The van der Waals surface area contributed by atoms with Crippen molar-refractivity contribution in [2.75, 3.05) is 11.9 Å². The molecular formula is C10H14BrN5. The number of nitrogens with two attached hydrogens (primary N) is 1. The van der Waals surface area contributed by atoms with E-state index >= 15 is 0 Å². The molecule has 0 aliphatic rings. The summed E-state index contributed by atoms with van der Waals surface area (Å²) in [6.45, 7) is 2.66. The first-order valence-electron chi connectivity index (χ1n) is 5.21. The third-order valence-electron chi connectivity index (χ3n) is 2.41. The third kappa shape index (κ3) is 2.33. The molecule has 0 bridgehead atoms. The average molecular weight is 284 g/mol. The van der Waals surface area contributed by atoms with Crippen molar-refractivity contribution in [3.8, 4) is 0 Å². The summed E-state index contributed by atoms with van der Waals surface area (Å²) in [5, 5.41) is 7.52. The van der Waals surface area contributed by atoms with Gasteiger partial charge in [0.15, 0.2) is 5.65 Å². The Labute approximate surface area is 102 Å². The van der Waals surface area contributed by atoms with Crippen molar-refractivity contribution in [1.82, 2.24) is 14.6 Å². The number of hydrogen-bond acceptors (Lipinski definition) is 4. The molecular weight excluding hydrogens is 270 g/mol. The zero-order chi connectivity index (χ0) is 11.5. The summed E-state index contributed by atoms with van der Waals surface area (Å²) in [6.07, 6.45) is 2.83. The van der Waals surface area contributed by atoms with Gasteiger partial charge in [0.1, 0.15) is 0 Å². The van der Waals surface area contributed by atoms with Gasteiger partial charge in [0.25, 0.3) is 0 Å². The van der Waals surface area contributed by atoms with Crippen molar-refractivity contribution in [3.05, 3.63) is 22.8 Å². The predicted molar refractivity (Wildman–Crippen MR) is 67.4 cm³/mol. The fraction of sp³-hybridized carbons (Fsp3) is 0.400. The lowest BCUT2D eigenvalue weighted by Crippen LogP contribution is -2.28. The molecule has 0 saturated heterocycles. The Morgan fingerprint density at radius 1 is 1.56 bits per heavy atom. The quantitative estimate of drug-likeness (QED) is 0.895. The molecule has 6 heteroatoms. The van der Waals surface area contributed by atoms with Crippen molar-refractivity contribution in [2.24, 2.45) is 5.73 Å². The topological polar surface area (TPSA) is 68.2 Å². The minimum absolute atomic E-state index is 0.223. The summed E-state index contributed by atoms with van der Waals surface area (Å²) in [5.41, 5.74) is 6.43. The molecule has 0 spiro atoms. The molecule has 0 aliphatic carbocycles. The molecule has 0 saturated carbocycles. The third-order valence-corrected chi connectivity index (χ3v) is 2.87. The highest BCUT2D eigenvalue weighted by atomic mass is 79.9. The largest absolute Gasteiger partial charge is 0.349 e. The Morgan fingerprint density at radius 2 is 2.38 bits per heavy atom. The van der Waals surface area contributed by atoms with Gasteiger partial charge >= 0.3 is 0 Å². The van der Waals surface area contributed by atoms with E-state index in [2.05, 4.69) is 38.3 Å². The van der Waals surface area contributed by atoms with Crippen LogP contribution in [-0.4, -0.2) is 27.2 Å². The zero-order valence-electron chi connectivity index (χ0n) is 9.02. The van der Waals surface area contributed by atoms with Crippen LogP contribution in [0.2, 0.25) is 0 Å². The van der Waals surface area contributed by atoms with Crippen molar-refractivity contribution in [1.29, 1.82) is 0 Å². The number of rotatable bonds is 4. The number of halogens is 1. The second kappa shape index (κ2) is 4.80. The van der Waals surface area contributed by atoms with Gasteiger partial charge in [-0.2, -0.15) is 4.98 Å². The van der Waals surface area contributed by atoms with Crippen LogP contribution in [-0.2, 0) is 0 Å². The summed E-state index contributed by atoms with van der Waals surface area (Å²) >= 11 is 3.39. The Hall–Kier alpha value is -1.14. The number of nitrogens with one attached hydrogen (secondary N) is 1. The lowest BCUT2D eigenvalue weighted by Gasteiger charge is -2.11. The van der Waals surface area contributed by atoms with Crippen molar-refractivity contribution < 1.29 is 0 Å². The van der Waals surface area contributed by atoms with Crippen molar-refractivity contribution >= 4 is 27.5 Å². The van der Waals surface area contributed by atoms with Gasteiger partial charge in [0.2, 0.25) is 5.95 Å². The fourth-order valence-corrected chi connectivity index (χ4v) is 1.76. The number of anilines is 1. The van der Waals surface area contributed by atoms with Crippen LogP contribution in [0.3, 0.4) is 0 Å². The first-order valence-corrected chi connectivity index (χ1v) is 6.00. The maximum absolute atomic E-state index is 5.62. The van der Waals surface area contributed by atoms with Gasteiger partial charge in [-0.05, 0) is 34.5 Å². The van der Waals surface area contributed by atoms with Gasteiger partial charge in [-0.25, -0.2) is 4.52 Å². The van der Waals surface area contributed by atoms with E-state index in [1.54, 1.807) is 4.52 Å². The van der Waals surface area contributed by atoms with Crippen molar-refractivity contribution in [3.63, 3.8) is 0 Å². The zero-order valence-corrected chi connectivity index (χ0v) is 10.6. The first kappa shape index (κ1) is 11.3. The fourth-order valence-electron chi connectivity index (χ4n) is 1.43. The molecule has 2 heterocycles. The minimum Gasteiger partial charge on any atom is -0.349 e. The van der Waals surface area contributed by atoms with Crippen LogP contribution < -0.4 is 11.1 Å². The van der Waals surface area contributed by atoms with Crippen LogP contribution in [0.15, 0.2) is 22.8 Å². The van der Waals surface area contributed by atoms with Crippen molar-refractivity contribution in [2.45, 2.75) is 19.4 Å². The van der Waals surface area contributed by atoms with Gasteiger partial charge in [0, 0.05) is 23.3 Å². The molecule has 5 nitrogen and oxygen atoms in total. The monoisotopic (exact) mass is 283 g/mol. The highest BCUT2D eigenvalue weighted by Crippen LogP contribution is 2.12. The molecule has 2 rings (SSSR count). The molecule has 0 fully saturated rings. The Balaban J connectivity index is 2.25. The molecule has 16 heavy (non-hydrogen) atoms. The molecule has 1 unspecified atom stereocenters. The predicted octanol–water partition coefficient (Wildman–Crippen LogP) is 1.64. The maximum Gasteiger partial charge on any atom is 0.243 e. The number of pyridine rings is 1. The highest BCUT2D eigenvalue weighted by molar-refractivity contribution is 9.10. The lowest BCUT2D eigenvalue weighted by molar-refractivity contribution is 0.695. The van der Waals surface area contributed by atoms with E-state index in [0.717, 1.165) is 16.5 Å². The normalized spacial score (nSPS) is 12.9. The summed E-state index contributed by atoms with van der Waals surface area (Å²) < 4.78 is 2.71. The van der Waals surface area contributed by atoms with E-state index in [4.69, 9.17) is 5.73 Å². The average Bonchev–Trinajstić information content (AvgIpc) is 2.67. The van der Waals surface area contributed by atoms with Crippen LogP contribution >= 0.6 is 15.9 Å². The molecule has 0 aliphatic heterocycles. The Bertz CT molecular complexity index is 477. The number of hydrogen-bond donors (Lipinski definition) is 2. The number of aromatic nitrogens is 3. The summed E-state index contributed by atoms with van der Waals surface area (Å²) in [5.74, 6) is 0.621. The van der Waals surface area contributed by atoms with E-state index in [1.165, 1.54) is 0 Å². The second-order valence-electron chi connectivity index (χ2n) is 3.57. The van der Waals surface area contributed by atoms with Crippen LogP contribution in [0.25, 0.3) is 5.65 Å². The van der Waals surface area contributed by atoms with Gasteiger partial charge in [-0.1, -0.05) is 6.92 Å². The molecule has 0 amide bonds. The summed E-state index contributed by atoms with van der Waals surface area (Å²) in [4.78, 5) is 4.35. The molecule has 86 valence electrons. The van der Waals surface area contributed by atoms with E-state index in [0.29, 0.717) is 12.5 Å². The maximum atomic E-state index is 5.62. The van der Waals surface area contributed by atoms with Gasteiger partial charge in [-0.3, -0.25) is 0 Å². The smallest absolute Gasteiger partial charge is 0.243 e. The number of nitrogens with zero attached hydrogens (tertiary/aromatic N) is 3. The molecule has 2 aromatic heterocycles. The van der Waals surface area contributed by atoms with E-state index < -0.39 is 0 Å². The van der Waals surface area contributed by atoms with Gasteiger partial charge in [-0.15, -0.1) is 5.10 Å². The van der Waals surface area contributed by atoms with E-state index in [1.807, 2.05) is 18.3 Å². The second-order valence-corrected chi connectivity index (χ2v) is 4.49.